The maximum Gasteiger partial charge on any atom is 0.259 e. The Bertz CT molecular complexity index is 732. The second-order valence-corrected chi connectivity index (χ2v) is 5.06. The van der Waals surface area contributed by atoms with E-state index in [2.05, 4.69) is 0 Å². The van der Waals surface area contributed by atoms with Crippen LogP contribution in [0.1, 0.15) is 18.1 Å². The molecule has 3 nitrogen and oxygen atoms in total. The molecule has 3 rings (SSSR count). The minimum atomic E-state index is -0.116. The number of fused-ring (bicyclic) bond motifs is 1. The summed E-state index contributed by atoms with van der Waals surface area (Å²) < 4.78 is 0. The van der Waals surface area contributed by atoms with Crippen LogP contribution in [0.5, 0.6) is 0 Å². The molecule has 0 saturated carbocycles. The minimum absolute atomic E-state index is 0.116. The van der Waals surface area contributed by atoms with Crippen molar-refractivity contribution in [3.8, 4) is 0 Å². The van der Waals surface area contributed by atoms with E-state index in [1.807, 2.05) is 54.6 Å². The number of hydrogen-bond acceptors (Lipinski definition) is 2. The normalized spacial score (nSPS) is 15.4. The number of benzene rings is 2. The molecule has 0 spiro atoms. The Labute approximate surface area is 123 Å². The lowest BCUT2D eigenvalue weighted by atomic mass is 10.1. The third-order valence-electron chi connectivity index (χ3n) is 3.49. The Morgan fingerprint density at radius 1 is 1.05 bits per heavy atom. The number of nitrogens with zero attached hydrogens (tertiary/aromatic N) is 1. The lowest BCUT2D eigenvalue weighted by molar-refractivity contribution is -0.114. The molecular formula is C18H15NO2. The number of carbonyl (C=O) groups excluding carboxylic acids is 2. The Kier molecular flexibility index (Phi) is 3.40. The van der Waals surface area contributed by atoms with Gasteiger partial charge in [0, 0.05) is 5.56 Å². The molecule has 1 heterocycles. The van der Waals surface area contributed by atoms with Crippen LogP contribution in [-0.2, 0) is 16.1 Å². The number of carbonyl (C=O) groups is 2. The standard InChI is InChI=1S/C18H15NO2/c1-13(20)11-16-15-9-5-6-10-17(15)19(18(16)21)12-14-7-3-2-4-8-14/h2-11H,12H2,1H3/b16-11+. The molecule has 21 heavy (non-hydrogen) atoms. The van der Waals surface area contributed by atoms with Crippen molar-refractivity contribution in [2.75, 3.05) is 4.90 Å². The van der Waals surface area contributed by atoms with Crippen molar-refractivity contribution in [2.24, 2.45) is 0 Å². The highest BCUT2D eigenvalue weighted by Gasteiger charge is 2.32. The first-order valence-corrected chi connectivity index (χ1v) is 6.84. The van der Waals surface area contributed by atoms with Crippen molar-refractivity contribution in [3.05, 3.63) is 71.8 Å². The number of hydrogen-bond donors (Lipinski definition) is 0. The summed E-state index contributed by atoms with van der Waals surface area (Å²) in [7, 11) is 0. The molecule has 3 heteroatoms. The summed E-state index contributed by atoms with van der Waals surface area (Å²) >= 11 is 0. The van der Waals surface area contributed by atoms with Gasteiger partial charge in [-0.05, 0) is 24.6 Å². The topological polar surface area (TPSA) is 37.4 Å². The average Bonchev–Trinajstić information content (AvgIpc) is 2.74. The lowest BCUT2D eigenvalue weighted by Crippen LogP contribution is -2.25. The van der Waals surface area contributed by atoms with Crippen LogP contribution >= 0.6 is 0 Å². The molecule has 1 aliphatic rings. The zero-order valence-corrected chi connectivity index (χ0v) is 11.7. The van der Waals surface area contributed by atoms with Crippen LogP contribution in [0, 0.1) is 0 Å². The van der Waals surface area contributed by atoms with Gasteiger partial charge in [-0.3, -0.25) is 9.59 Å². The van der Waals surface area contributed by atoms with Gasteiger partial charge in [0.25, 0.3) is 5.91 Å². The maximum absolute atomic E-state index is 12.6. The lowest BCUT2D eigenvalue weighted by Gasteiger charge is -2.17. The number of amides is 1. The van der Waals surface area contributed by atoms with E-state index in [9.17, 15) is 9.59 Å². The Morgan fingerprint density at radius 2 is 1.71 bits per heavy atom. The van der Waals surface area contributed by atoms with Crippen molar-refractivity contribution < 1.29 is 9.59 Å². The monoisotopic (exact) mass is 277 g/mol. The molecule has 0 fully saturated rings. The predicted molar refractivity (Wildman–Crippen MR) is 82.7 cm³/mol. The van der Waals surface area contributed by atoms with Gasteiger partial charge in [0.2, 0.25) is 0 Å². The van der Waals surface area contributed by atoms with Gasteiger partial charge in [-0.25, -0.2) is 0 Å². The second kappa shape index (κ2) is 5.37. The van der Waals surface area contributed by atoms with Crippen molar-refractivity contribution in [1.29, 1.82) is 0 Å². The molecule has 1 amide bonds. The van der Waals surface area contributed by atoms with Gasteiger partial charge in [-0.1, -0.05) is 48.5 Å². The molecule has 0 aromatic heterocycles. The fourth-order valence-electron chi connectivity index (χ4n) is 2.57. The smallest absolute Gasteiger partial charge is 0.259 e. The van der Waals surface area contributed by atoms with Crippen LogP contribution in [0.2, 0.25) is 0 Å². The van der Waals surface area contributed by atoms with Crippen LogP contribution in [0.4, 0.5) is 5.69 Å². The van der Waals surface area contributed by atoms with Crippen LogP contribution in [0.3, 0.4) is 0 Å². The Balaban J connectivity index is 2.03. The second-order valence-electron chi connectivity index (χ2n) is 5.06. The van der Waals surface area contributed by atoms with E-state index in [0.29, 0.717) is 12.1 Å². The minimum Gasteiger partial charge on any atom is -0.303 e. The molecule has 0 bridgehead atoms. The van der Waals surface area contributed by atoms with Crippen molar-refractivity contribution in [2.45, 2.75) is 13.5 Å². The van der Waals surface area contributed by atoms with Crippen LogP contribution in [0.15, 0.2) is 60.7 Å². The summed E-state index contributed by atoms with van der Waals surface area (Å²) in [5, 5.41) is 0. The van der Waals surface area contributed by atoms with Gasteiger partial charge in [-0.15, -0.1) is 0 Å². The van der Waals surface area contributed by atoms with Crippen LogP contribution < -0.4 is 4.90 Å². The first-order chi connectivity index (χ1) is 10.2. The fourth-order valence-corrected chi connectivity index (χ4v) is 2.57. The molecule has 1 aliphatic heterocycles. The summed E-state index contributed by atoms with van der Waals surface area (Å²) in [4.78, 5) is 25.7. The molecule has 2 aromatic rings. The Hall–Kier alpha value is -2.68. The molecule has 0 atom stereocenters. The van der Waals surface area contributed by atoms with E-state index >= 15 is 0 Å². The summed E-state index contributed by atoms with van der Waals surface area (Å²) in [6.45, 7) is 1.97. The maximum atomic E-state index is 12.6. The number of para-hydroxylation sites is 1. The summed E-state index contributed by atoms with van der Waals surface area (Å²) in [6, 6.07) is 17.4. The molecule has 2 aromatic carbocycles. The summed E-state index contributed by atoms with van der Waals surface area (Å²) in [5.41, 5.74) is 3.23. The molecular weight excluding hydrogens is 262 g/mol. The first kappa shape index (κ1) is 13.3. The number of allylic oxidation sites excluding steroid dienone is 1. The predicted octanol–water partition coefficient (Wildman–Crippen LogP) is 3.21. The SMILES string of the molecule is CC(=O)/C=C1/C(=O)N(Cc2ccccc2)c2ccccc21. The van der Waals surface area contributed by atoms with E-state index < -0.39 is 0 Å². The average molecular weight is 277 g/mol. The quantitative estimate of drug-likeness (QED) is 0.808. The van der Waals surface area contributed by atoms with Gasteiger partial charge < -0.3 is 4.90 Å². The number of rotatable bonds is 3. The Morgan fingerprint density at radius 3 is 2.43 bits per heavy atom. The third kappa shape index (κ3) is 2.50. The zero-order chi connectivity index (χ0) is 14.8. The fraction of sp³-hybridized carbons (Fsp3) is 0.111. The zero-order valence-electron chi connectivity index (χ0n) is 11.7. The highest BCUT2D eigenvalue weighted by Crippen LogP contribution is 2.37. The van der Waals surface area contributed by atoms with Gasteiger partial charge >= 0.3 is 0 Å². The molecule has 104 valence electrons. The highest BCUT2D eigenvalue weighted by atomic mass is 16.2. The third-order valence-corrected chi connectivity index (χ3v) is 3.49. The van der Waals surface area contributed by atoms with Gasteiger partial charge in [0.05, 0.1) is 17.8 Å². The summed E-state index contributed by atoms with van der Waals surface area (Å²) in [6.07, 6.45) is 1.42. The van der Waals surface area contributed by atoms with Gasteiger partial charge in [0.1, 0.15) is 0 Å². The molecule has 0 radical (unpaired) electrons. The van der Waals surface area contributed by atoms with Crippen molar-refractivity contribution in [3.63, 3.8) is 0 Å². The van der Waals surface area contributed by atoms with Crippen LogP contribution in [-0.4, -0.2) is 11.7 Å². The van der Waals surface area contributed by atoms with E-state index in [-0.39, 0.29) is 11.7 Å². The van der Waals surface area contributed by atoms with E-state index in [0.717, 1.165) is 16.8 Å². The number of ketones is 1. The van der Waals surface area contributed by atoms with Crippen molar-refractivity contribution >= 4 is 23.0 Å². The van der Waals surface area contributed by atoms with Gasteiger partial charge in [-0.2, -0.15) is 0 Å². The van der Waals surface area contributed by atoms with Crippen molar-refractivity contribution in [1.82, 2.24) is 0 Å². The summed E-state index contributed by atoms with van der Waals surface area (Å²) in [5.74, 6) is -0.232. The first-order valence-electron chi connectivity index (χ1n) is 6.84. The molecule has 0 saturated heterocycles. The highest BCUT2D eigenvalue weighted by molar-refractivity contribution is 6.34. The molecule has 0 aliphatic carbocycles. The number of anilines is 1. The van der Waals surface area contributed by atoms with E-state index in [4.69, 9.17) is 0 Å². The largest absolute Gasteiger partial charge is 0.303 e. The van der Waals surface area contributed by atoms with E-state index in [1.165, 1.54) is 13.0 Å². The van der Waals surface area contributed by atoms with E-state index in [1.54, 1.807) is 4.90 Å². The molecule has 0 unspecified atom stereocenters. The van der Waals surface area contributed by atoms with Crippen LogP contribution in [0.25, 0.3) is 5.57 Å². The van der Waals surface area contributed by atoms with Gasteiger partial charge in [0.15, 0.2) is 5.78 Å². The molecule has 0 N–H and O–H groups in total.